The number of fused-ring (bicyclic) bond motifs is 4. The van der Waals surface area contributed by atoms with Crippen LogP contribution in [-0.4, -0.2) is 4.98 Å². The Bertz CT molecular complexity index is 929. The maximum atomic E-state index is 4.75. The molecule has 127 valence electrons. The van der Waals surface area contributed by atoms with Crippen LogP contribution in [0.2, 0.25) is 0 Å². The van der Waals surface area contributed by atoms with Gasteiger partial charge in [0.25, 0.3) is 0 Å². The van der Waals surface area contributed by atoms with Gasteiger partial charge in [0.2, 0.25) is 0 Å². The van der Waals surface area contributed by atoms with Gasteiger partial charge in [-0.1, -0.05) is 49.1 Å². The number of nitrogens with zero attached hydrogens (tertiary/aromatic N) is 1. The third kappa shape index (κ3) is 2.88. The maximum Gasteiger partial charge on any atom is 0.0167 e. The summed E-state index contributed by atoms with van der Waals surface area (Å²) >= 11 is 0. The summed E-state index contributed by atoms with van der Waals surface area (Å²) in [4.78, 5) is 4.75. The molecule has 5 rings (SSSR count). The van der Waals surface area contributed by atoms with Crippen LogP contribution in [0.3, 0.4) is 0 Å². The van der Waals surface area contributed by atoms with E-state index in [0.29, 0.717) is 0 Å². The number of hydrogen-bond acceptors (Lipinski definition) is 1. The van der Waals surface area contributed by atoms with E-state index in [1.54, 1.807) is 0 Å². The van der Waals surface area contributed by atoms with Crippen LogP contribution in [0.15, 0.2) is 48.7 Å². The molecule has 0 bridgehead atoms. The topological polar surface area (TPSA) is 12.9 Å². The van der Waals surface area contributed by atoms with Crippen LogP contribution in [0.25, 0.3) is 22.4 Å². The Kier molecular flexibility index (Phi) is 4.58. The molecule has 0 spiro atoms. The standard InChI is InChI=1S/C23H20N.Ir/c1-2-7-18-15-19(10-9-16(18)5-1)23-22-12-11-17-6-3-4-8-20(17)21(22)13-14-24-23;/h3-4,6,8-9,13-15H,1-2,5,7,11-12H2;/q-1;. The number of hydrogen-bond donors (Lipinski definition) is 0. The first-order valence-corrected chi connectivity index (χ1v) is 9.00. The molecule has 0 saturated carbocycles. The SMILES string of the molecule is [Ir].[c-]1cc2c(cc1-c1nccc3c1CCc1ccccc1-3)CCCC2. The molecular weight excluding hydrogens is 482 g/mol. The second-order valence-corrected chi connectivity index (χ2v) is 6.95. The fraction of sp³-hybridized carbons (Fsp3) is 0.261. The average Bonchev–Trinajstić information content (AvgIpc) is 2.67. The Labute approximate surface area is 162 Å². The minimum Gasteiger partial charge on any atom is -0.304 e. The van der Waals surface area contributed by atoms with Crippen molar-refractivity contribution >= 4 is 0 Å². The van der Waals surface area contributed by atoms with Crippen molar-refractivity contribution in [1.82, 2.24) is 4.98 Å². The quantitative estimate of drug-likeness (QED) is 0.418. The van der Waals surface area contributed by atoms with Crippen LogP contribution in [0.5, 0.6) is 0 Å². The van der Waals surface area contributed by atoms with Crippen LogP contribution in [0, 0.1) is 6.07 Å². The van der Waals surface area contributed by atoms with Gasteiger partial charge in [-0.15, -0.1) is 34.9 Å². The summed E-state index contributed by atoms with van der Waals surface area (Å²) in [5.41, 5.74) is 10.9. The van der Waals surface area contributed by atoms with E-state index in [9.17, 15) is 0 Å². The van der Waals surface area contributed by atoms with E-state index < -0.39 is 0 Å². The molecular formula is C23H20IrN-. The van der Waals surface area contributed by atoms with Crippen LogP contribution < -0.4 is 0 Å². The van der Waals surface area contributed by atoms with Gasteiger partial charge in [0.15, 0.2) is 0 Å². The Morgan fingerprint density at radius 2 is 1.64 bits per heavy atom. The Morgan fingerprint density at radius 3 is 2.56 bits per heavy atom. The van der Waals surface area contributed by atoms with Crippen molar-refractivity contribution in [2.75, 3.05) is 0 Å². The number of benzene rings is 2. The van der Waals surface area contributed by atoms with Crippen LogP contribution in [0.1, 0.15) is 35.1 Å². The predicted molar refractivity (Wildman–Crippen MR) is 98.0 cm³/mol. The number of pyridine rings is 1. The zero-order valence-electron chi connectivity index (χ0n) is 14.1. The van der Waals surface area contributed by atoms with Gasteiger partial charge in [0.1, 0.15) is 0 Å². The van der Waals surface area contributed by atoms with Gasteiger partial charge < -0.3 is 4.98 Å². The van der Waals surface area contributed by atoms with Crippen molar-refractivity contribution in [2.24, 2.45) is 0 Å². The summed E-state index contributed by atoms with van der Waals surface area (Å²) in [5, 5.41) is 0. The zero-order valence-corrected chi connectivity index (χ0v) is 16.5. The van der Waals surface area contributed by atoms with E-state index in [0.717, 1.165) is 18.5 Å². The molecule has 1 heterocycles. The van der Waals surface area contributed by atoms with Gasteiger partial charge in [-0.25, -0.2) is 0 Å². The van der Waals surface area contributed by atoms with Crippen molar-refractivity contribution in [3.63, 3.8) is 0 Å². The molecule has 25 heavy (non-hydrogen) atoms. The minimum absolute atomic E-state index is 0. The van der Waals surface area contributed by atoms with Gasteiger partial charge in [-0.2, -0.15) is 0 Å². The molecule has 0 unspecified atom stereocenters. The van der Waals surface area contributed by atoms with E-state index in [2.05, 4.69) is 48.5 Å². The van der Waals surface area contributed by atoms with E-state index >= 15 is 0 Å². The van der Waals surface area contributed by atoms with Crippen molar-refractivity contribution in [2.45, 2.75) is 38.5 Å². The molecule has 1 nitrogen and oxygen atoms in total. The molecule has 2 aliphatic carbocycles. The van der Waals surface area contributed by atoms with Gasteiger partial charge >= 0.3 is 0 Å². The second kappa shape index (κ2) is 6.86. The molecule has 3 aromatic rings. The molecule has 1 aromatic heterocycles. The number of aromatic nitrogens is 1. The molecule has 0 aliphatic heterocycles. The Hall–Kier alpha value is -1.76. The van der Waals surface area contributed by atoms with Crippen LogP contribution in [0.4, 0.5) is 0 Å². The maximum absolute atomic E-state index is 4.75. The summed E-state index contributed by atoms with van der Waals surface area (Å²) in [6, 6.07) is 19.0. The van der Waals surface area contributed by atoms with Crippen molar-refractivity contribution in [3.05, 3.63) is 77.0 Å². The molecule has 0 N–H and O–H groups in total. The summed E-state index contributed by atoms with van der Waals surface area (Å²) in [6.07, 6.45) is 9.17. The monoisotopic (exact) mass is 503 g/mol. The van der Waals surface area contributed by atoms with Gasteiger partial charge in [0.05, 0.1) is 0 Å². The van der Waals surface area contributed by atoms with Crippen molar-refractivity contribution < 1.29 is 20.1 Å². The molecule has 2 heteroatoms. The van der Waals surface area contributed by atoms with Gasteiger partial charge in [0, 0.05) is 26.3 Å². The van der Waals surface area contributed by atoms with E-state index in [1.807, 2.05) is 6.20 Å². The van der Waals surface area contributed by atoms with Crippen molar-refractivity contribution in [1.29, 1.82) is 0 Å². The normalized spacial score (nSPS) is 14.7. The largest absolute Gasteiger partial charge is 0.304 e. The Balaban J connectivity index is 0.00000157. The molecule has 1 radical (unpaired) electrons. The average molecular weight is 503 g/mol. The number of aryl methyl sites for hydroxylation is 3. The van der Waals surface area contributed by atoms with Crippen LogP contribution >= 0.6 is 0 Å². The third-order valence-electron chi connectivity index (χ3n) is 5.54. The predicted octanol–water partition coefficient (Wildman–Crippen LogP) is 5.19. The third-order valence-corrected chi connectivity index (χ3v) is 5.54. The molecule has 0 saturated heterocycles. The minimum atomic E-state index is 0. The fourth-order valence-corrected chi connectivity index (χ4v) is 4.29. The molecule has 0 fully saturated rings. The molecule has 0 amide bonds. The zero-order chi connectivity index (χ0) is 15.9. The van der Waals surface area contributed by atoms with E-state index in [4.69, 9.17) is 4.98 Å². The molecule has 2 aliphatic rings. The van der Waals surface area contributed by atoms with E-state index in [-0.39, 0.29) is 20.1 Å². The summed E-state index contributed by atoms with van der Waals surface area (Å²) in [6.45, 7) is 0. The van der Waals surface area contributed by atoms with Crippen molar-refractivity contribution in [3.8, 4) is 22.4 Å². The summed E-state index contributed by atoms with van der Waals surface area (Å²) in [7, 11) is 0. The first-order chi connectivity index (χ1) is 11.9. The van der Waals surface area contributed by atoms with E-state index in [1.165, 1.54) is 64.6 Å². The molecule has 2 aromatic carbocycles. The van der Waals surface area contributed by atoms with Gasteiger partial charge in [-0.3, -0.25) is 0 Å². The first-order valence-electron chi connectivity index (χ1n) is 9.00. The number of rotatable bonds is 1. The fourth-order valence-electron chi connectivity index (χ4n) is 4.29. The second-order valence-electron chi connectivity index (χ2n) is 6.95. The van der Waals surface area contributed by atoms with Gasteiger partial charge in [-0.05, 0) is 47.7 Å². The van der Waals surface area contributed by atoms with Crippen LogP contribution in [-0.2, 0) is 45.8 Å². The summed E-state index contributed by atoms with van der Waals surface area (Å²) < 4.78 is 0. The smallest absolute Gasteiger partial charge is 0.0167 e. The molecule has 0 atom stereocenters. The Morgan fingerprint density at radius 1 is 0.800 bits per heavy atom. The first kappa shape index (κ1) is 16.7. The summed E-state index contributed by atoms with van der Waals surface area (Å²) in [5.74, 6) is 0.